The molecule has 2 aromatic heterocycles. The van der Waals surface area contributed by atoms with Crippen molar-refractivity contribution in [3.8, 4) is 5.75 Å². The molecule has 3 saturated heterocycles. The van der Waals surface area contributed by atoms with E-state index in [1.807, 2.05) is 6.92 Å². The SMILES string of the molecule is CCCC[C@H]1C(=O)N[C@@H](CCCN)C(=O)NCCSCC(=O)N[C@@H](Cc2ccc(OC)cc2)C(=O)N(C)CC(=O)N[C@@H](CC(=O)O)C(=O)N2CCCC2C(=O)N[C@@H](CN)C(=O)N[C@@H](CCC(=O)O)C(=O)N2CCCC2C(=O)N[C@@H](Cc2c[nH]c3ccccc23)C(=O)N[C@@H](CC(=O)O)C(=O)N[C@@H](Cc2c[nH]c3ccccc23)C(=O)N(C)CC(=O)N1C. The van der Waals surface area contributed by atoms with Crippen LogP contribution in [0.2, 0.25) is 0 Å². The summed E-state index contributed by atoms with van der Waals surface area (Å²) in [4.78, 5) is 252. The summed E-state index contributed by atoms with van der Waals surface area (Å²) in [5, 5.41) is 54.9. The molecule has 0 bridgehead atoms. The lowest BCUT2D eigenvalue weighted by molar-refractivity contribution is -0.146. The van der Waals surface area contributed by atoms with Crippen molar-refractivity contribution in [1.82, 2.24) is 82.3 Å². The maximum atomic E-state index is 15.1. The number of nitrogens with one attached hydrogen (secondary N) is 11. The summed E-state index contributed by atoms with van der Waals surface area (Å²) in [6, 6.07) is 3.31. The Morgan fingerprint density at radius 2 is 1.00 bits per heavy atom. The van der Waals surface area contributed by atoms with E-state index in [9.17, 15) is 87.2 Å². The molecule has 5 aromatic rings. The molecule has 3 aliphatic rings. The smallest absolute Gasteiger partial charge is 0.305 e. The number of amides is 14. The molecule has 5 heterocycles. The first kappa shape index (κ1) is 93.3. The lowest BCUT2D eigenvalue weighted by atomic mass is 10.0. The Kier molecular flexibility index (Phi) is 35.1. The minimum Gasteiger partial charge on any atom is -0.497 e. The van der Waals surface area contributed by atoms with Gasteiger partial charge in [0.15, 0.2) is 0 Å². The second-order valence-corrected chi connectivity index (χ2v) is 31.0. The van der Waals surface area contributed by atoms with Gasteiger partial charge in [-0.3, -0.25) is 81.5 Å². The Morgan fingerprint density at radius 3 is 1.57 bits per heavy atom. The molecule has 40 heteroatoms. The number of aliphatic carboxylic acids is 3. The molecule has 11 atom stereocenters. The van der Waals surface area contributed by atoms with Crippen LogP contribution in [0, 0.1) is 0 Å². The van der Waals surface area contributed by atoms with Gasteiger partial charge in [-0.2, -0.15) is 11.8 Å². The van der Waals surface area contributed by atoms with Gasteiger partial charge >= 0.3 is 17.9 Å². The summed E-state index contributed by atoms with van der Waals surface area (Å²) < 4.78 is 5.29. The number of H-pyrrole nitrogens is 2. The second kappa shape index (κ2) is 45.1. The average molecular weight is 1690 g/mol. The number of fused-ring (bicyclic) bond motifs is 4. The van der Waals surface area contributed by atoms with E-state index in [0.717, 1.165) is 36.3 Å². The van der Waals surface area contributed by atoms with Crippen LogP contribution in [0.1, 0.15) is 107 Å². The molecular weight excluding hydrogens is 1580 g/mol. The van der Waals surface area contributed by atoms with Gasteiger partial charge < -0.3 is 114 Å². The molecule has 2 unspecified atom stereocenters. The van der Waals surface area contributed by atoms with Crippen LogP contribution in [0.15, 0.2) is 85.2 Å². The molecule has 18 N–H and O–H groups in total. The molecule has 0 aliphatic carbocycles. The number of aromatic nitrogens is 2. The van der Waals surface area contributed by atoms with E-state index in [1.165, 1.54) is 28.3 Å². The first-order chi connectivity index (χ1) is 57.3. The number of hydrogen-bond donors (Lipinski definition) is 16. The Hall–Kier alpha value is -12.2. The Labute approximate surface area is 695 Å². The molecule has 3 aromatic carbocycles. The number of carboxylic acids is 3. The first-order valence-corrected chi connectivity index (χ1v) is 40.9. The van der Waals surface area contributed by atoms with Crippen molar-refractivity contribution >= 4 is 134 Å². The van der Waals surface area contributed by atoms with E-state index in [2.05, 4.69) is 57.8 Å². The maximum Gasteiger partial charge on any atom is 0.305 e. The van der Waals surface area contributed by atoms with Crippen molar-refractivity contribution in [2.24, 2.45) is 11.5 Å². The highest BCUT2D eigenvalue weighted by Crippen LogP contribution is 2.26. The number of carboxylic acid groups (broad SMARTS) is 3. The third kappa shape index (κ3) is 26.1. The monoisotopic (exact) mass is 1690 g/mol. The van der Waals surface area contributed by atoms with Crippen LogP contribution < -0.4 is 64.1 Å². The third-order valence-corrected chi connectivity index (χ3v) is 22.1. The number of carbonyl (C=O) groups is 17. The number of ether oxygens (including phenoxy) is 1. The zero-order chi connectivity index (χ0) is 87.4. The van der Waals surface area contributed by atoms with Crippen molar-refractivity contribution in [2.75, 3.05) is 85.6 Å². The molecule has 14 amide bonds. The first-order valence-electron chi connectivity index (χ1n) is 39.7. The molecule has 39 nitrogen and oxygen atoms in total. The van der Waals surface area contributed by atoms with Crippen molar-refractivity contribution in [3.63, 3.8) is 0 Å². The van der Waals surface area contributed by atoms with Crippen molar-refractivity contribution in [3.05, 3.63) is 102 Å². The molecule has 120 heavy (non-hydrogen) atoms. The van der Waals surface area contributed by atoms with Crippen LogP contribution in [0.4, 0.5) is 0 Å². The van der Waals surface area contributed by atoms with Gasteiger partial charge in [0.05, 0.1) is 38.8 Å². The van der Waals surface area contributed by atoms with Crippen LogP contribution in [0.5, 0.6) is 5.75 Å². The fourth-order valence-electron chi connectivity index (χ4n) is 14.7. The Bertz CT molecular complexity index is 4540. The summed E-state index contributed by atoms with van der Waals surface area (Å²) in [7, 11) is 5.30. The average Bonchev–Trinajstić information content (AvgIpc) is 1.68. The van der Waals surface area contributed by atoms with Crippen molar-refractivity contribution in [2.45, 2.75) is 176 Å². The zero-order valence-electron chi connectivity index (χ0n) is 67.6. The number of hydrogen-bond acceptors (Lipinski definition) is 21. The van der Waals surface area contributed by atoms with Crippen molar-refractivity contribution in [1.29, 1.82) is 0 Å². The Balaban J connectivity index is 1.11. The summed E-state index contributed by atoms with van der Waals surface area (Å²) >= 11 is 1.07. The third-order valence-electron chi connectivity index (χ3n) is 21.1. The number of nitrogens with two attached hydrogens (primary N) is 2. The van der Waals surface area contributed by atoms with Gasteiger partial charge in [0.2, 0.25) is 82.7 Å². The largest absolute Gasteiger partial charge is 0.497 e. The van der Waals surface area contributed by atoms with E-state index in [-0.39, 0.29) is 102 Å². The molecule has 3 fully saturated rings. The molecule has 650 valence electrons. The van der Waals surface area contributed by atoms with Crippen LogP contribution in [0.3, 0.4) is 0 Å². The predicted octanol–water partition coefficient (Wildman–Crippen LogP) is -2.15. The Morgan fingerprint density at radius 1 is 0.500 bits per heavy atom. The van der Waals surface area contributed by atoms with E-state index >= 15 is 9.59 Å². The zero-order valence-corrected chi connectivity index (χ0v) is 68.4. The van der Waals surface area contributed by atoms with Gasteiger partial charge in [-0.1, -0.05) is 68.3 Å². The fraction of sp³-hybridized carbons (Fsp3) is 0.512. The summed E-state index contributed by atoms with van der Waals surface area (Å²) in [5.41, 5.74) is 14.7. The lowest BCUT2D eigenvalue weighted by Gasteiger charge is -2.32. The van der Waals surface area contributed by atoms with Crippen molar-refractivity contribution < 1.29 is 102 Å². The highest BCUT2D eigenvalue weighted by Gasteiger charge is 2.44. The number of aromatic amines is 2. The number of para-hydroxylation sites is 2. The number of benzene rings is 3. The second-order valence-electron chi connectivity index (χ2n) is 29.9. The van der Waals surface area contributed by atoms with E-state index in [4.69, 9.17) is 16.2 Å². The topological polar surface area (TPSA) is 568 Å². The number of nitrogens with zero attached hydrogens (tertiary/aromatic N) is 5. The van der Waals surface area contributed by atoms with Gasteiger partial charge in [0.1, 0.15) is 72.2 Å². The molecule has 3 aliphatic heterocycles. The number of unbranched alkanes of at least 4 members (excludes halogenated alkanes) is 1. The quantitative estimate of drug-likeness (QED) is 0.0373. The molecule has 0 radical (unpaired) electrons. The summed E-state index contributed by atoms with van der Waals surface area (Å²) in [5.74, 6) is -17.0. The van der Waals surface area contributed by atoms with E-state index in [1.54, 1.807) is 85.2 Å². The molecule has 0 spiro atoms. The molecule has 8 rings (SSSR count). The minimum atomic E-state index is -2.00. The van der Waals surface area contributed by atoms with Crippen LogP contribution in [-0.2, 0) is 101 Å². The molecular formula is C80H108N18O21S. The van der Waals surface area contributed by atoms with E-state index < -0.39 is 212 Å². The highest BCUT2D eigenvalue weighted by atomic mass is 32.2. The number of methoxy groups -OCH3 is 1. The fourth-order valence-corrected chi connectivity index (χ4v) is 15.3. The summed E-state index contributed by atoms with van der Waals surface area (Å²) in [6.07, 6.45) is 0.609. The number of thioether (sulfide) groups is 1. The molecule has 0 saturated carbocycles. The van der Waals surface area contributed by atoms with Gasteiger partial charge in [-0.05, 0) is 98.9 Å². The van der Waals surface area contributed by atoms with Gasteiger partial charge in [0, 0.05) is 113 Å². The standard InChI is InChI=1S/C80H108N18O21S/c1-6-7-20-61-74(112)88-53(19-12-29-81)70(108)83-30-33-120-44-65(100)87-57(34-45-23-25-48(119-5)26-24-45)77(115)94(2)42-64(99)86-59(38-69(106)107)80(118)98-32-14-22-63(98)76(114)93-60(39-82)73(111)89-54(27-28-67(102)103)79(117)97-31-13-21-62(97)75(113)91-55(35-46-40-84-51-17-10-8-15-49(46)51)71(109)90-56(37-68(104)105)72(110)92-58(78(116)95(3)43-66(101)96(61)4)36-47-41-85-52-18-11-9-16-50(47)52/h8-11,15-18,23-26,40-41,53-63,84-85H,6-7,12-14,19-22,27-39,42-44,81-82H2,1-5H3,(H,83,108)(H,86,99)(H,87,100)(H,88,112)(H,89,111)(H,90,109)(H,91,113)(H,92,110)(H,93,114)(H,102,103)(H,104,105)(H,106,107)/t53-,54-,55-,56-,57-,58-,59-,60-,61-,62?,63?/m0/s1. The minimum absolute atomic E-state index is 0.0356. The van der Waals surface area contributed by atoms with E-state index in [0.29, 0.717) is 57.1 Å². The highest BCUT2D eigenvalue weighted by molar-refractivity contribution is 7.99. The lowest BCUT2D eigenvalue weighted by Crippen LogP contribution is -2.61. The van der Waals surface area contributed by atoms with Crippen LogP contribution in [-0.4, -0.2) is 302 Å². The predicted molar refractivity (Wildman–Crippen MR) is 436 cm³/mol. The van der Waals surface area contributed by atoms with Gasteiger partial charge in [-0.25, -0.2) is 0 Å². The van der Waals surface area contributed by atoms with Crippen LogP contribution in [0.25, 0.3) is 21.8 Å². The van der Waals surface area contributed by atoms with Gasteiger partial charge in [-0.15, -0.1) is 0 Å². The normalized spacial score (nSPS) is 23.9. The van der Waals surface area contributed by atoms with Gasteiger partial charge in [0.25, 0.3) is 0 Å². The number of rotatable bonds is 21. The number of carbonyl (C=O) groups excluding carboxylic acids is 14. The van der Waals surface area contributed by atoms with Crippen LogP contribution >= 0.6 is 11.8 Å². The summed E-state index contributed by atoms with van der Waals surface area (Å²) in [6.45, 7) is -0.503. The number of likely N-dealkylation sites (N-methyl/N-ethyl adjacent to an activating group) is 3. The maximum absolute atomic E-state index is 15.1.